The highest BCUT2D eigenvalue weighted by molar-refractivity contribution is 5.73. The first kappa shape index (κ1) is 12.2. The highest BCUT2D eigenvalue weighted by atomic mass is 16.5. The number of hydrogen-bond donors (Lipinski definition) is 0. The molecule has 0 aliphatic heterocycles. The van der Waals surface area contributed by atoms with Crippen LogP contribution in [0.5, 0.6) is 5.75 Å². The summed E-state index contributed by atoms with van der Waals surface area (Å²) in [6.07, 6.45) is 7.56. The molecule has 1 aliphatic rings. The summed E-state index contributed by atoms with van der Waals surface area (Å²) in [6, 6.07) is 2.17. The molecule has 0 spiro atoms. The van der Waals surface area contributed by atoms with E-state index in [1.165, 1.54) is 53.5 Å². The molecule has 0 fully saturated rings. The van der Waals surface area contributed by atoms with Gasteiger partial charge in [-0.2, -0.15) is 0 Å². The first-order valence-electron chi connectivity index (χ1n) is 6.49. The lowest BCUT2D eigenvalue weighted by molar-refractivity contribution is 0.411. The maximum Gasteiger partial charge on any atom is 0.122 e. The van der Waals surface area contributed by atoms with Crippen LogP contribution in [0.4, 0.5) is 0 Å². The fourth-order valence-electron chi connectivity index (χ4n) is 2.82. The molecule has 17 heavy (non-hydrogen) atoms. The number of hydrogen-bond acceptors (Lipinski definition) is 1. The van der Waals surface area contributed by atoms with Crippen LogP contribution in [0.1, 0.15) is 47.9 Å². The number of methoxy groups -OCH3 is 1. The Morgan fingerprint density at radius 3 is 2.41 bits per heavy atom. The lowest BCUT2D eigenvalue weighted by Crippen LogP contribution is -2.01. The van der Waals surface area contributed by atoms with E-state index in [9.17, 15) is 0 Å². The van der Waals surface area contributed by atoms with Crippen LogP contribution in [-0.4, -0.2) is 7.11 Å². The topological polar surface area (TPSA) is 9.23 Å². The van der Waals surface area contributed by atoms with Crippen LogP contribution in [0.25, 0.3) is 5.57 Å². The largest absolute Gasteiger partial charge is 0.496 e. The van der Waals surface area contributed by atoms with Crippen LogP contribution < -0.4 is 4.74 Å². The highest BCUT2D eigenvalue weighted by Gasteiger charge is 2.15. The summed E-state index contributed by atoms with van der Waals surface area (Å²) in [5.74, 6) is 1.01. The van der Waals surface area contributed by atoms with Gasteiger partial charge in [-0.15, -0.1) is 0 Å². The molecule has 2 rings (SSSR count). The lowest BCUT2D eigenvalue weighted by Gasteiger charge is -2.20. The second-order valence-electron chi connectivity index (χ2n) is 5.00. The van der Waals surface area contributed by atoms with Crippen molar-refractivity contribution in [3.8, 4) is 5.75 Å². The van der Waals surface area contributed by atoms with Crippen molar-refractivity contribution in [2.24, 2.45) is 0 Å². The first-order valence-corrected chi connectivity index (χ1v) is 6.49. The van der Waals surface area contributed by atoms with E-state index in [2.05, 4.69) is 32.9 Å². The van der Waals surface area contributed by atoms with E-state index >= 15 is 0 Å². The van der Waals surface area contributed by atoms with Crippen LogP contribution in [0.3, 0.4) is 0 Å². The minimum atomic E-state index is 1.01. The van der Waals surface area contributed by atoms with Crippen molar-refractivity contribution in [2.75, 3.05) is 7.11 Å². The molecule has 1 aromatic carbocycles. The van der Waals surface area contributed by atoms with Gasteiger partial charge in [0.25, 0.3) is 0 Å². The molecule has 1 nitrogen and oxygen atoms in total. The van der Waals surface area contributed by atoms with E-state index < -0.39 is 0 Å². The zero-order valence-corrected chi connectivity index (χ0v) is 11.4. The van der Waals surface area contributed by atoms with Crippen molar-refractivity contribution >= 4 is 5.57 Å². The number of ether oxygens (including phenoxy) is 1. The van der Waals surface area contributed by atoms with Crippen LogP contribution in [0, 0.1) is 20.8 Å². The molecule has 1 aliphatic carbocycles. The molecular weight excluding hydrogens is 208 g/mol. The summed E-state index contributed by atoms with van der Waals surface area (Å²) in [7, 11) is 1.75. The van der Waals surface area contributed by atoms with Crippen molar-refractivity contribution in [3.05, 3.63) is 34.4 Å². The van der Waals surface area contributed by atoms with Crippen LogP contribution in [0.15, 0.2) is 12.1 Å². The van der Waals surface area contributed by atoms with E-state index in [0.717, 1.165) is 5.75 Å². The van der Waals surface area contributed by atoms with E-state index in [1.54, 1.807) is 7.11 Å². The van der Waals surface area contributed by atoms with Crippen molar-refractivity contribution < 1.29 is 4.74 Å². The monoisotopic (exact) mass is 230 g/mol. The van der Waals surface area contributed by atoms with E-state index in [4.69, 9.17) is 4.74 Å². The van der Waals surface area contributed by atoms with E-state index in [-0.39, 0.29) is 0 Å². The molecule has 0 aromatic heterocycles. The third kappa shape index (κ3) is 2.24. The van der Waals surface area contributed by atoms with Gasteiger partial charge in [0.15, 0.2) is 0 Å². The van der Waals surface area contributed by atoms with Crippen LogP contribution in [-0.2, 0) is 0 Å². The van der Waals surface area contributed by atoms with Gasteiger partial charge in [0.05, 0.1) is 7.11 Å². The second-order valence-corrected chi connectivity index (χ2v) is 5.00. The van der Waals surface area contributed by atoms with Crippen molar-refractivity contribution in [1.82, 2.24) is 0 Å². The van der Waals surface area contributed by atoms with Gasteiger partial charge in [0.1, 0.15) is 5.75 Å². The Kier molecular flexibility index (Phi) is 3.56. The summed E-state index contributed by atoms with van der Waals surface area (Å²) >= 11 is 0. The van der Waals surface area contributed by atoms with Crippen molar-refractivity contribution in [3.63, 3.8) is 0 Å². The molecule has 0 amide bonds. The summed E-state index contributed by atoms with van der Waals surface area (Å²) in [4.78, 5) is 0. The van der Waals surface area contributed by atoms with Crippen LogP contribution in [0.2, 0.25) is 0 Å². The standard InChI is InChI=1S/C16H22O/c1-11-10-15(17-4)12(2)13(3)16(11)14-8-6-5-7-9-14/h8,10H,5-7,9H2,1-4H3. The average Bonchev–Trinajstić information content (AvgIpc) is 2.35. The van der Waals surface area contributed by atoms with Crippen LogP contribution >= 0.6 is 0 Å². The van der Waals surface area contributed by atoms with Crippen molar-refractivity contribution in [2.45, 2.75) is 46.5 Å². The molecule has 1 aromatic rings. The van der Waals surface area contributed by atoms with Gasteiger partial charge in [-0.3, -0.25) is 0 Å². The number of rotatable bonds is 2. The molecule has 92 valence electrons. The second kappa shape index (κ2) is 4.95. The number of allylic oxidation sites excluding steroid dienone is 2. The Hall–Kier alpha value is -1.24. The van der Waals surface area contributed by atoms with Gasteiger partial charge in [0.2, 0.25) is 0 Å². The third-order valence-corrected chi connectivity index (χ3v) is 3.88. The lowest BCUT2D eigenvalue weighted by atomic mass is 9.86. The van der Waals surface area contributed by atoms with Crippen molar-refractivity contribution in [1.29, 1.82) is 0 Å². The van der Waals surface area contributed by atoms with Gasteiger partial charge in [-0.1, -0.05) is 6.08 Å². The maximum absolute atomic E-state index is 5.43. The Balaban J connectivity index is 2.54. The maximum atomic E-state index is 5.43. The molecule has 0 radical (unpaired) electrons. The first-order chi connectivity index (χ1) is 8.15. The number of aryl methyl sites for hydroxylation is 1. The fourth-order valence-corrected chi connectivity index (χ4v) is 2.82. The molecule has 0 unspecified atom stereocenters. The predicted molar refractivity (Wildman–Crippen MR) is 73.7 cm³/mol. The van der Waals surface area contributed by atoms with Gasteiger partial charge >= 0.3 is 0 Å². The minimum Gasteiger partial charge on any atom is -0.496 e. The normalized spacial score (nSPS) is 15.6. The fraction of sp³-hybridized carbons (Fsp3) is 0.500. The minimum absolute atomic E-state index is 1.01. The number of benzene rings is 1. The summed E-state index contributed by atoms with van der Waals surface area (Å²) < 4.78 is 5.43. The predicted octanol–water partition coefficient (Wildman–Crippen LogP) is 4.58. The molecule has 1 heteroatoms. The summed E-state index contributed by atoms with van der Waals surface area (Å²) in [5.41, 5.74) is 7.01. The van der Waals surface area contributed by atoms with E-state index in [1.807, 2.05) is 0 Å². The molecule has 0 atom stereocenters. The average molecular weight is 230 g/mol. The molecule has 0 saturated carbocycles. The zero-order valence-electron chi connectivity index (χ0n) is 11.4. The SMILES string of the molecule is COc1cc(C)c(C2=CCCCC2)c(C)c1C. The quantitative estimate of drug-likeness (QED) is 0.722. The Bertz CT molecular complexity index is 455. The molecular formula is C16H22O. The van der Waals surface area contributed by atoms with Gasteiger partial charge in [-0.25, -0.2) is 0 Å². The van der Waals surface area contributed by atoms with E-state index in [0.29, 0.717) is 0 Å². The highest BCUT2D eigenvalue weighted by Crippen LogP contribution is 2.35. The summed E-state index contributed by atoms with van der Waals surface area (Å²) in [6.45, 7) is 6.57. The Labute approximate surface area is 104 Å². The molecule has 0 heterocycles. The summed E-state index contributed by atoms with van der Waals surface area (Å²) in [5, 5.41) is 0. The molecule has 0 bridgehead atoms. The molecule has 0 N–H and O–H groups in total. The molecule has 0 saturated heterocycles. The Morgan fingerprint density at radius 1 is 1.06 bits per heavy atom. The van der Waals surface area contributed by atoms with Gasteiger partial charge < -0.3 is 4.74 Å². The zero-order chi connectivity index (χ0) is 12.4. The van der Waals surface area contributed by atoms with Gasteiger partial charge in [-0.05, 0) is 80.3 Å². The smallest absolute Gasteiger partial charge is 0.122 e. The van der Waals surface area contributed by atoms with Gasteiger partial charge in [0, 0.05) is 0 Å². The third-order valence-electron chi connectivity index (χ3n) is 3.88. The Morgan fingerprint density at radius 2 is 1.82 bits per heavy atom.